The Hall–Kier alpha value is -2.40. The van der Waals surface area contributed by atoms with Gasteiger partial charge in [0.25, 0.3) is 0 Å². The zero-order valence-electron chi connectivity index (χ0n) is 12.9. The van der Waals surface area contributed by atoms with Crippen LogP contribution in [-0.2, 0) is 6.54 Å². The predicted molar refractivity (Wildman–Crippen MR) is 84.9 cm³/mol. The van der Waals surface area contributed by atoms with E-state index in [0.29, 0.717) is 31.3 Å². The lowest BCUT2D eigenvalue weighted by molar-refractivity contribution is 0.211. The standard InChI is InChI=1S/C17H21NO4/c1-19-14-4-3-5-15(11-14)21-8-9-22-16-7-6-13(12-18)10-17(16)20-2/h3-7,10-11H,8-9,12,18H2,1-2H3. The quantitative estimate of drug-likeness (QED) is 0.760. The van der Waals surface area contributed by atoms with Crippen molar-refractivity contribution in [3.05, 3.63) is 48.0 Å². The van der Waals surface area contributed by atoms with Crippen molar-refractivity contribution in [1.29, 1.82) is 0 Å². The second-order valence-electron chi connectivity index (χ2n) is 4.57. The maximum absolute atomic E-state index is 5.68. The van der Waals surface area contributed by atoms with Crippen LogP contribution in [-0.4, -0.2) is 27.4 Å². The molecule has 22 heavy (non-hydrogen) atoms. The molecule has 0 heterocycles. The molecule has 0 aliphatic heterocycles. The largest absolute Gasteiger partial charge is 0.497 e. The van der Waals surface area contributed by atoms with Crippen LogP contribution in [0, 0.1) is 0 Å². The maximum Gasteiger partial charge on any atom is 0.161 e. The lowest BCUT2D eigenvalue weighted by atomic mass is 10.2. The molecule has 0 aliphatic rings. The Bertz CT molecular complexity index is 601. The van der Waals surface area contributed by atoms with Crippen LogP contribution < -0.4 is 24.7 Å². The summed E-state index contributed by atoms with van der Waals surface area (Å²) in [7, 11) is 3.23. The Kier molecular flexibility index (Phi) is 5.91. The van der Waals surface area contributed by atoms with Crippen molar-refractivity contribution < 1.29 is 18.9 Å². The molecule has 0 fully saturated rings. The van der Waals surface area contributed by atoms with E-state index in [9.17, 15) is 0 Å². The SMILES string of the molecule is COc1cccc(OCCOc2ccc(CN)cc2OC)c1. The third kappa shape index (κ3) is 4.30. The van der Waals surface area contributed by atoms with Crippen molar-refractivity contribution >= 4 is 0 Å². The molecule has 0 amide bonds. The summed E-state index contributed by atoms with van der Waals surface area (Å²) in [5.41, 5.74) is 6.60. The molecule has 0 atom stereocenters. The van der Waals surface area contributed by atoms with E-state index in [4.69, 9.17) is 24.7 Å². The summed E-state index contributed by atoms with van der Waals surface area (Å²) in [4.78, 5) is 0. The predicted octanol–water partition coefficient (Wildman–Crippen LogP) is 2.62. The van der Waals surface area contributed by atoms with Crippen molar-refractivity contribution in [3.8, 4) is 23.0 Å². The molecule has 2 N–H and O–H groups in total. The van der Waals surface area contributed by atoms with Crippen LogP contribution in [0.4, 0.5) is 0 Å². The van der Waals surface area contributed by atoms with Gasteiger partial charge in [0.2, 0.25) is 0 Å². The van der Waals surface area contributed by atoms with Crippen LogP contribution >= 0.6 is 0 Å². The summed E-state index contributed by atoms with van der Waals surface area (Å²) in [5.74, 6) is 2.85. The number of methoxy groups -OCH3 is 2. The van der Waals surface area contributed by atoms with Gasteiger partial charge in [-0.1, -0.05) is 12.1 Å². The van der Waals surface area contributed by atoms with E-state index in [1.54, 1.807) is 14.2 Å². The van der Waals surface area contributed by atoms with Gasteiger partial charge in [-0.3, -0.25) is 0 Å². The molecule has 0 bridgehead atoms. The summed E-state index contributed by atoms with van der Waals surface area (Å²) in [5, 5.41) is 0. The van der Waals surface area contributed by atoms with Crippen molar-refractivity contribution in [3.63, 3.8) is 0 Å². The van der Waals surface area contributed by atoms with Crippen LogP contribution in [0.3, 0.4) is 0 Å². The van der Waals surface area contributed by atoms with E-state index in [2.05, 4.69) is 0 Å². The number of ether oxygens (including phenoxy) is 4. The first-order chi connectivity index (χ1) is 10.8. The second-order valence-corrected chi connectivity index (χ2v) is 4.57. The van der Waals surface area contributed by atoms with Crippen molar-refractivity contribution in [2.75, 3.05) is 27.4 Å². The highest BCUT2D eigenvalue weighted by atomic mass is 16.5. The fourth-order valence-electron chi connectivity index (χ4n) is 1.96. The van der Waals surface area contributed by atoms with Crippen LogP contribution in [0.25, 0.3) is 0 Å². The minimum atomic E-state index is 0.412. The van der Waals surface area contributed by atoms with E-state index >= 15 is 0 Å². The Morgan fingerprint density at radius 1 is 0.818 bits per heavy atom. The summed E-state index contributed by atoms with van der Waals surface area (Å²) in [6.45, 7) is 1.31. The van der Waals surface area contributed by atoms with Crippen molar-refractivity contribution in [1.82, 2.24) is 0 Å². The van der Waals surface area contributed by atoms with Gasteiger partial charge in [-0.15, -0.1) is 0 Å². The number of hydrogen-bond donors (Lipinski definition) is 1. The van der Waals surface area contributed by atoms with Crippen LogP contribution in [0.2, 0.25) is 0 Å². The lowest BCUT2D eigenvalue weighted by Gasteiger charge is -2.12. The molecule has 5 heteroatoms. The van der Waals surface area contributed by atoms with Gasteiger partial charge in [0.1, 0.15) is 24.7 Å². The highest BCUT2D eigenvalue weighted by Crippen LogP contribution is 2.28. The highest BCUT2D eigenvalue weighted by Gasteiger charge is 2.05. The van der Waals surface area contributed by atoms with Crippen LogP contribution in [0.5, 0.6) is 23.0 Å². The zero-order valence-corrected chi connectivity index (χ0v) is 12.9. The van der Waals surface area contributed by atoms with E-state index in [1.165, 1.54) is 0 Å². The lowest BCUT2D eigenvalue weighted by Crippen LogP contribution is -2.10. The van der Waals surface area contributed by atoms with Gasteiger partial charge < -0.3 is 24.7 Å². The maximum atomic E-state index is 5.68. The van der Waals surface area contributed by atoms with E-state index in [0.717, 1.165) is 17.1 Å². The average Bonchev–Trinajstić information content (AvgIpc) is 2.58. The minimum Gasteiger partial charge on any atom is -0.497 e. The third-order valence-electron chi connectivity index (χ3n) is 3.11. The number of benzene rings is 2. The summed E-state index contributed by atoms with van der Waals surface area (Å²) in [6, 6.07) is 13.1. The average molecular weight is 303 g/mol. The summed E-state index contributed by atoms with van der Waals surface area (Å²) in [6.07, 6.45) is 0. The monoisotopic (exact) mass is 303 g/mol. The van der Waals surface area contributed by atoms with Gasteiger partial charge in [-0.25, -0.2) is 0 Å². The molecular formula is C17H21NO4. The van der Waals surface area contributed by atoms with Gasteiger partial charge in [-0.05, 0) is 29.8 Å². The van der Waals surface area contributed by atoms with Crippen LogP contribution in [0.15, 0.2) is 42.5 Å². The molecule has 0 saturated carbocycles. The fourth-order valence-corrected chi connectivity index (χ4v) is 1.96. The minimum absolute atomic E-state index is 0.412. The zero-order chi connectivity index (χ0) is 15.8. The molecule has 0 aromatic heterocycles. The van der Waals surface area contributed by atoms with Crippen molar-refractivity contribution in [2.45, 2.75) is 6.54 Å². The Morgan fingerprint density at radius 3 is 2.32 bits per heavy atom. The molecule has 5 nitrogen and oxygen atoms in total. The number of hydrogen-bond acceptors (Lipinski definition) is 5. The molecule has 0 spiro atoms. The fraction of sp³-hybridized carbons (Fsp3) is 0.294. The van der Waals surface area contributed by atoms with E-state index in [1.807, 2.05) is 42.5 Å². The van der Waals surface area contributed by atoms with Crippen molar-refractivity contribution in [2.24, 2.45) is 5.73 Å². The molecule has 2 aromatic carbocycles. The highest BCUT2D eigenvalue weighted by molar-refractivity contribution is 5.42. The Labute approximate surface area is 130 Å². The second kappa shape index (κ2) is 8.14. The van der Waals surface area contributed by atoms with Gasteiger partial charge in [0, 0.05) is 12.6 Å². The van der Waals surface area contributed by atoms with E-state index < -0.39 is 0 Å². The molecule has 118 valence electrons. The normalized spacial score (nSPS) is 10.1. The van der Waals surface area contributed by atoms with Crippen LogP contribution in [0.1, 0.15) is 5.56 Å². The summed E-state index contributed by atoms with van der Waals surface area (Å²) < 4.78 is 21.7. The first kappa shape index (κ1) is 16.0. The van der Waals surface area contributed by atoms with Gasteiger partial charge >= 0.3 is 0 Å². The smallest absolute Gasteiger partial charge is 0.161 e. The molecule has 0 aliphatic carbocycles. The molecular weight excluding hydrogens is 282 g/mol. The van der Waals surface area contributed by atoms with Gasteiger partial charge in [0.05, 0.1) is 14.2 Å². The topological polar surface area (TPSA) is 62.9 Å². The first-order valence-corrected chi connectivity index (χ1v) is 7.03. The number of rotatable bonds is 8. The van der Waals surface area contributed by atoms with Gasteiger partial charge in [-0.2, -0.15) is 0 Å². The van der Waals surface area contributed by atoms with E-state index in [-0.39, 0.29) is 0 Å². The Balaban J connectivity index is 1.85. The third-order valence-corrected chi connectivity index (χ3v) is 3.11. The Morgan fingerprint density at radius 2 is 1.59 bits per heavy atom. The molecule has 0 saturated heterocycles. The first-order valence-electron chi connectivity index (χ1n) is 7.03. The van der Waals surface area contributed by atoms with Gasteiger partial charge in [0.15, 0.2) is 11.5 Å². The molecule has 0 radical (unpaired) electrons. The summed E-state index contributed by atoms with van der Waals surface area (Å²) >= 11 is 0. The molecule has 2 rings (SSSR count). The molecule has 0 unspecified atom stereocenters. The number of nitrogens with two attached hydrogens (primary N) is 1. The molecule has 2 aromatic rings.